The molecule has 2 saturated carbocycles. The highest BCUT2D eigenvalue weighted by molar-refractivity contribution is 5.26. The van der Waals surface area contributed by atoms with E-state index in [2.05, 4.69) is 36.6 Å². The van der Waals surface area contributed by atoms with Gasteiger partial charge in [-0.25, -0.2) is 0 Å². The molecule has 98 valence electrons. The molecule has 0 bridgehead atoms. The predicted molar refractivity (Wildman–Crippen MR) is 76.9 cm³/mol. The van der Waals surface area contributed by atoms with Crippen LogP contribution in [0.5, 0.6) is 0 Å². The number of aryl methyl sites for hydroxylation is 1. The number of hydrogen-bond acceptors (Lipinski definition) is 1. The Hall–Kier alpha value is -0.820. The summed E-state index contributed by atoms with van der Waals surface area (Å²) in [5, 5.41) is 3.48. The third-order valence-corrected chi connectivity index (χ3v) is 4.86. The highest BCUT2D eigenvalue weighted by Crippen LogP contribution is 2.36. The Morgan fingerprint density at radius 3 is 2.33 bits per heavy atom. The van der Waals surface area contributed by atoms with Gasteiger partial charge >= 0.3 is 0 Å². The first kappa shape index (κ1) is 12.2. The van der Waals surface area contributed by atoms with E-state index < -0.39 is 0 Å². The highest BCUT2D eigenvalue weighted by atomic mass is 14.9. The number of nitrogens with one attached hydrogen (secondary N) is 1. The van der Waals surface area contributed by atoms with E-state index in [0.717, 1.165) is 17.9 Å². The van der Waals surface area contributed by atoms with Gasteiger partial charge in [-0.05, 0) is 68.5 Å². The van der Waals surface area contributed by atoms with Crippen LogP contribution in [-0.2, 0) is 6.42 Å². The summed E-state index contributed by atoms with van der Waals surface area (Å²) in [5.74, 6) is 1.83. The lowest BCUT2D eigenvalue weighted by atomic mass is 9.80. The van der Waals surface area contributed by atoms with Crippen molar-refractivity contribution in [2.24, 2.45) is 5.92 Å². The third kappa shape index (κ3) is 2.77. The van der Waals surface area contributed by atoms with E-state index in [1.165, 1.54) is 50.5 Å². The first-order chi connectivity index (χ1) is 8.86. The number of benzene rings is 1. The van der Waals surface area contributed by atoms with Crippen LogP contribution in [0.25, 0.3) is 0 Å². The molecular formula is C17H25N. The van der Waals surface area contributed by atoms with Crippen molar-refractivity contribution in [2.45, 2.75) is 56.9 Å². The summed E-state index contributed by atoms with van der Waals surface area (Å²) in [6.07, 6.45) is 9.64. The quantitative estimate of drug-likeness (QED) is 0.799. The van der Waals surface area contributed by atoms with Crippen molar-refractivity contribution in [1.29, 1.82) is 0 Å². The highest BCUT2D eigenvalue weighted by Gasteiger charge is 2.29. The molecule has 0 aliphatic heterocycles. The van der Waals surface area contributed by atoms with Gasteiger partial charge in [-0.1, -0.05) is 30.7 Å². The zero-order valence-electron chi connectivity index (χ0n) is 11.5. The summed E-state index contributed by atoms with van der Waals surface area (Å²) in [5.41, 5.74) is 3.08. The number of hydrogen-bond donors (Lipinski definition) is 1. The maximum Gasteiger partial charge on any atom is 0.00954 e. The second kappa shape index (κ2) is 5.44. The Balaban J connectivity index is 1.52. The zero-order chi connectivity index (χ0) is 12.4. The Morgan fingerprint density at radius 2 is 1.83 bits per heavy atom. The molecular weight excluding hydrogens is 218 g/mol. The van der Waals surface area contributed by atoms with Crippen LogP contribution in [0.2, 0.25) is 0 Å². The Labute approximate surface area is 111 Å². The van der Waals surface area contributed by atoms with Gasteiger partial charge in [0.25, 0.3) is 0 Å². The molecule has 2 aliphatic rings. The molecule has 1 nitrogen and oxygen atoms in total. The van der Waals surface area contributed by atoms with E-state index in [4.69, 9.17) is 0 Å². The van der Waals surface area contributed by atoms with Crippen molar-refractivity contribution in [3.63, 3.8) is 0 Å². The first-order valence-electron chi connectivity index (χ1n) is 7.63. The summed E-state index contributed by atoms with van der Waals surface area (Å²) >= 11 is 0. The molecule has 0 aromatic heterocycles. The summed E-state index contributed by atoms with van der Waals surface area (Å²) in [4.78, 5) is 0. The van der Waals surface area contributed by atoms with Gasteiger partial charge in [0.15, 0.2) is 0 Å². The van der Waals surface area contributed by atoms with Crippen LogP contribution < -0.4 is 5.32 Å². The molecule has 1 unspecified atom stereocenters. The van der Waals surface area contributed by atoms with Gasteiger partial charge in [-0.3, -0.25) is 0 Å². The predicted octanol–water partition coefficient (Wildman–Crippen LogP) is 3.88. The topological polar surface area (TPSA) is 12.0 Å². The average Bonchev–Trinajstić information content (AvgIpc) is 3.14. The lowest BCUT2D eigenvalue weighted by Gasteiger charge is -2.25. The fraction of sp³-hybridized carbons (Fsp3) is 0.647. The van der Waals surface area contributed by atoms with Crippen molar-refractivity contribution in [3.05, 3.63) is 35.4 Å². The van der Waals surface area contributed by atoms with Crippen LogP contribution in [0, 0.1) is 5.92 Å². The molecule has 1 N–H and O–H groups in total. The Morgan fingerprint density at radius 1 is 1.11 bits per heavy atom. The van der Waals surface area contributed by atoms with Crippen molar-refractivity contribution < 1.29 is 0 Å². The lowest BCUT2D eigenvalue weighted by molar-refractivity contribution is 0.419. The van der Waals surface area contributed by atoms with Crippen LogP contribution >= 0.6 is 0 Å². The second-order valence-electron chi connectivity index (χ2n) is 6.14. The van der Waals surface area contributed by atoms with Crippen LogP contribution in [0.4, 0.5) is 0 Å². The van der Waals surface area contributed by atoms with Gasteiger partial charge in [0.2, 0.25) is 0 Å². The molecule has 0 radical (unpaired) electrons. The number of rotatable bonds is 6. The lowest BCUT2D eigenvalue weighted by Crippen LogP contribution is -2.27. The van der Waals surface area contributed by atoms with Crippen LogP contribution in [-0.4, -0.2) is 13.1 Å². The van der Waals surface area contributed by atoms with E-state index in [-0.39, 0.29) is 0 Å². The van der Waals surface area contributed by atoms with Gasteiger partial charge < -0.3 is 5.32 Å². The van der Waals surface area contributed by atoms with Crippen LogP contribution in [0.1, 0.15) is 55.6 Å². The summed E-state index contributed by atoms with van der Waals surface area (Å²) in [6, 6.07) is 10.2. The first-order valence-corrected chi connectivity index (χ1v) is 7.63. The molecule has 0 heterocycles. The van der Waals surface area contributed by atoms with E-state index in [1.807, 2.05) is 0 Å². The SMILES string of the molecule is CNC(CCc1ccc(C2CCC2)cc1)C1CC1. The van der Waals surface area contributed by atoms with Crippen molar-refractivity contribution >= 4 is 0 Å². The normalized spacial score (nSPS) is 21.6. The van der Waals surface area contributed by atoms with Gasteiger partial charge in [0.05, 0.1) is 0 Å². The summed E-state index contributed by atoms with van der Waals surface area (Å²) < 4.78 is 0. The molecule has 0 amide bonds. The van der Waals surface area contributed by atoms with Gasteiger partial charge in [0.1, 0.15) is 0 Å². The van der Waals surface area contributed by atoms with E-state index in [1.54, 1.807) is 5.56 Å². The molecule has 2 aliphatic carbocycles. The minimum atomic E-state index is 0.747. The molecule has 18 heavy (non-hydrogen) atoms. The van der Waals surface area contributed by atoms with E-state index >= 15 is 0 Å². The van der Waals surface area contributed by atoms with Crippen molar-refractivity contribution in [1.82, 2.24) is 5.32 Å². The minimum absolute atomic E-state index is 0.747. The standard InChI is InChI=1S/C17H25N/c1-18-17(16-10-11-16)12-7-13-5-8-15(9-6-13)14-3-2-4-14/h5-6,8-9,14,16-18H,2-4,7,10-12H2,1H3. The van der Waals surface area contributed by atoms with Gasteiger partial charge in [-0.15, -0.1) is 0 Å². The maximum atomic E-state index is 3.48. The molecule has 1 atom stereocenters. The van der Waals surface area contributed by atoms with Crippen molar-refractivity contribution in [3.8, 4) is 0 Å². The molecule has 1 aromatic carbocycles. The largest absolute Gasteiger partial charge is 0.317 e. The summed E-state index contributed by atoms with van der Waals surface area (Å²) in [6.45, 7) is 0. The maximum absolute atomic E-state index is 3.48. The fourth-order valence-corrected chi connectivity index (χ4v) is 3.13. The molecule has 3 rings (SSSR count). The average molecular weight is 243 g/mol. The molecule has 0 spiro atoms. The fourth-order valence-electron chi connectivity index (χ4n) is 3.13. The molecule has 0 saturated heterocycles. The van der Waals surface area contributed by atoms with Crippen molar-refractivity contribution in [2.75, 3.05) is 7.05 Å². The Kier molecular flexibility index (Phi) is 3.69. The monoisotopic (exact) mass is 243 g/mol. The van der Waals surface area contributed by atoms with Crippen LogP contribution in [0.15, 0.2) is 24.3 Å². The third-order valence-electron chi connectivity index (χ3n) is 4.86. The van der Waals surface area contributed by atoms with Gasteiger partial charge in [-0.2, -0.15) is 0 Å². The molecule has 1 heteroatoms. The van der Waals surface area contributed by atoms with Gasteiger partial charge in [0, 0.05) is 6.04 Å². The molecule has 1 aromatic rings. The zero-order valence-corrected chi connectivity index (χ0v) is 11.5. The van der Waals surface area contributed by atoms with E-state index in [9.17, 15) is 0 Å². The summed E-state index contributed by atoms with van der Waals surface area (Å²) in [7, 11) is 2.11. The van der Waals surface area contributed by atoms with Crippen LogP contribution in [0.3, 0.4) is 0 Å². The molecule has 2 fully saturated rings. The Bertz CT molecular complexity index is 373. The second-order valence-corrected chi connectivity index (χ2v) is 6.14. The minimum Gasteiger partial charge on any atom is -0.317 e. The van der Waals surface area contributed by atoms with E-state index in [0.29, 0.717) is 0 Å². The smallest absolute Gasteiger partial charge is 0.00954 e.